The molecule has 0 radical (unpaired) electrons. The summed E-state index contributed by atoms with van der Waals surface area (Å²) < 4.78 is 25.5. The van der Waals surface area contributed by atoms with Gasteiger partial charge in [-0.1, -0.05) is 41.6 Å². The van der Waals surface area contributed by atoms with E-state index >= 15 is 0 Å². The summed E-state index contributed by atoms with van der Waals surface area (Å²) >= 11 is 0. The van der Waals surface area contributed by atoms with E-state index in [1.54, 1.807) is 17.0 Å². The Morgan fingerprint density at radius 3 is 2.58 bits per heavy atom. The molecule has 1 atom stereocenters. The summed E-state index contributed by atoms with van der Waals surface area (Å²) in [4.78, 5) is 17.3. The van der Waals surface area contributed by atoms with Gasteiger partial charge in [0, 0.05) is 37.4 Å². The first kappa shape index (κ1) is 23.0. The molecule has 2 heterocycles. The molecule has 4 rings (SSSR count). The number of nitrogens with zero attached hydrogens (tertiary/aromatic N) is 3. The Bertz CT molecular complexity index is 1060. The topological polar surface area (TPSA) is 58.8 Å². The number of anilines is 1. The van der Waals surface area contributed by atoms with Crippen molar-refractivity contribution in [2.24, 2.45) is 0 Å². The van der Waals surface area contributed by atoms with Gasteiger partial charge in [0.05, 0.1) is 18.2 Å². The largest absolute Gasteiger partial charge is 0.376 e. The maximum Gasteiger partial charge on any atom is 0.254 e. The summed E-state index contributed by atoms with van der Waals surface area (Å²) in [7, 11) is 0. The SMILES string of the molecule is CCN(CC)c1onc(-c2ccccc2)c1CN(CC1CCCO1)C(=O)c1cccc(F)c1. The monoisotopic (exact) mass is 451 g/mol. The smallest absolute Gasteiger partial charge is 0.254 e. The average Bonchev–Trinajstić information content (AvgIpc) is 3.50. The summed E-state index contributed by atoms with van der Waals surface area (Å²) in [5, 5.41) is 4.39. The standard InChI is InChI=1S/C26H30FN3O3/c1-3-29(4-2)26-23(24(28-33-26)19-10-6-5-7-11-19)18-30(17-22-14-9-15-32-22)25(31)20-12-8-13-21(27)16-20/h5-8,10-13,16,22H,3-4,9,14-15,17-18H2,1-2H3. The molecule has 7 heteroatoms. The van der Waals surface area contributed by atoms with E-state index in [4.69, 9.17) is 9.26 Å². The average molecular weight is 452 g/mol. The maximum atomic E-state index is 13.9. The number of amides is 1. The van der Waals surface area contributed by atoms with Crippen molar-refractivity contribution in [1.29, 1.82) is 0 Å². The Balaban J connectivity index is 1.73. The first-order valence-corrected chi connectivity index (χ1v) is 11.6. The van der Waals surface area contributed by atoms with Crippen LogP contribution in [0.5, 0.6) is 0 Å². The van der Waals surface area contributed by atoms with Gasteiger partial charge in [-0.3, -0.25) is 4.79 Å². The zero-order chi connectivity index (χ0) is 23.2. The molecule has 3 aromatic rings. The fourth-order valence-corrected chi connectivity index (χ4v) is 4.27. The van der Waals surface area contributed by atoms with Crippen LogP contribution in [0.4, 0.5) is 10.3 Å². The molecule has 174 valence electrons. The van der Waals surface area contributed by atoms with Crippen LogP contribution in [0.3, 0.4) is 0 Å². The zero-order valence-electron chi connectivity index (χ0n) is 19.2. The highest BCUT2D eigenvalue weighted by Gasteiger charge is 2.29. The highest BCUT2D eigenvalue weighted by atomic mass is 19.1. The molecule has 0 aliphatic carbocycles. The van der Waals surface area contributed by atoms with Crippen LogP contribution in [0.25, 0.3) is 11.3 Å². The Kier molecular flexibility index (Phi) is 7.40. The molecule has 0 bridgehead atoms. The van der Waals surface area contributed by atoms with E-state index in [0.29, 0.717) is 30.3 Å². The minimum atomic E-state index is -0.434. The third-order valence-corrected chi connectivity index (χ3v) is 6.02. The van der Waals surface area contributed by atoms with Crippen LogP contribution < -0.4 is 4.90 Å². The number of hydrogen-bond acceptors (Lipinski definition) is 5. The third-order valence-electron chi connectivity index (χ3n) is 6.02. The van der Waals surface area contributed by atoms with Gasteiger partial charge in [-0.05, 0) is 44.9 Å². The lowest BCUT2D eigenvalue weighted by Crippen LogP contribution is -2.37. The number of ether oxygens (including phenoxy) is 1. The van der Waals surface area contributed by atoms with Gasteiger partial charge >= 0.3 is 0 Å². The summed E-state index contributed by atoms with van der Waals surface area (Å²) in [5.41, 5.74) is 2.79. The minimum absolute atomic E-state index is 0.0422. The number of benzene rings is 2. The molecule has 1 aliphatic heterocycles. The minimum Gasteiger partial charge on any atom is -0.376 e. The lowest BCUT2D eigenvalue weighted by Gasteiger charge is -2.27. The van der Waals surface area contributed by atoms with Gasteiger partial charge in [-0.25, -0.2) is 4.39 Å². The number of halogens is 1. The quantitative estimate of drug-likeness (QED) is 0.450. The van der Waals surface area contributed by atoms with Crippen LogP contribution in [-0.4, -0.2) is 48.3 Å². The maximum absolute atomic E-state index is 13.9. The Morgan fingerprint density at radius 2 is 1.91 bits per heavy atom. The normalized spacial score (nSPS) is 15.5. The number of hydrogen-bond donors (Lipinski definition) is 0. The van der Waals surface area contributed by atoms with Crippen LogP contribution in [-0.2, 0) is 11.3 Å². The molecule has 1 amide bonds. The second kappa shape index (κ2) is 10.6. The van der Waals surface area contributed by atoms with Crippen molar-refractivity contribution in [3.8, 4) is 11.3 Å². The van der Waals surface area contributed by atoms with E-state index < -0.39 is 5.82 Å². The van der Waals surface area contributed by atoms with Crippen molar-refractivity contribution in [2.75, 3.05) is 31.1 Å². The van der Waals surface area contributed by atoms with E-state index in [1.165, 1.54) is 12.1 Å². The number of carbonyl (C=O) groups is 1. The van der Waals surface area contributed by atoms with Gasteiger partial charge in [0.1, 0.15) is 11.5 Å². The van der Waals surface area contributed by atoms with Gasteiger partial charge in [-0.2, -0.15) is 0 Å². The molecular formula is C26H30FN3O3. The third kappa shape index (κ3) is 5.25. The second-order valence-electron chi connectivity index (χ2n) is 8.18. The van der Waals surface area contributed by atoms with E-state index in [-0.39, 0.29) is 18.6 Å². The molecular weight excluding hydrogens is 421 g/mol. The molecule has 0 saturated carbocycles. The highest BCUT2D eigenvalue weighted by molar-refractivity contribution is 5.94. The number of carbonyl (C=O) groups excluding carboxylic acids is 1. The summed E-state index contributed by atoms with van der Waals surface area (Å²) in [5.74, 6) is -0.0179. The molecule has 1 saturated heterocycles. The lowest BCUT2D eigenvalue weighted by atomic mass is 10.1. The molecule has 2 aromatic carbocycles. The van der Waals surface area contributed by atoms with Crippen LogP contribution >= 0.6 is 0 Å². The zero-order valence-corrected chi connectivity index (χ0v) is 19.2. The van der Waals surface area contributed by atoms with Crippen LogP contribution in [0, 0.1) is 5.82 Å². The van der Waals surface area contributed by atoms with Crippen LogP contribution in [0.15, 0.2) is 59.1 Å². The van der Waals surface area contributed by atoms with Crippen molar-refractivity contribution in [3.05, 3.63) is 71.5 Å². The number of aromatic nitrogens is 1. The Morgan fingerprint density at radius 1 is 1.12 bits per heavy atom. The van der Waals surface area contributed by atoms with Gasteiger partial charge in [0.25, 0.3) is 5.91 Å². The molecule has 6 nitrogen and oxygen atoms in total. The first-order valence-electron chi connectivity index (χ1n) is 11.6. The second-order valence-corrected chi connectivity index (χ2v) is 8.18. The van der Waals surface area contributed by atoms with Crippen molar-refractivity contribution >= 4 is 11.8 Å². The van der Waals surface area contributed by atoms with Gasteiger partial charge in [0.2, 0.25) is 5.88 Å². The molecule has 0 spiro atoms. The molecule has 1 fully saturated rings. The summed E-state index contributed by atoms with van der Waals surface area (Å²) in [6.07, 6.45) is 1.82. The van der Waals surface area contributed by atoms with Gasteiger partial charge in [0.15, 0.2) is 0 Å². The van der Waals surface area contributed by atoms with E-state index in [1.807, 2.05) is 30.3 Å². The molecule has 1 aliphatic rings. The fraction of sp³-hybridized carbons (Fsp3) is 0.385. The first-order chi connectivity index (χ1) is 16.1. The Labute approximate surface area is 193 Å². The van der Waals surface area contributed by atoms with Crippen molar-refractivity contribution in [2.45, 2.75) is 39.3 Å². The number of rotatable bonds is 9. The Hall–Kier alpha value is -3.19. The fourth-order valence-electron chi connectivity index (χ4n) is 4.27. The summed E-state index contributed by atoms with van der Waals surface area (Å²) in [6.45, 7) is 7.01. The predicted octanol–water partition coefficient (Wildman–Crippen LogP) is 5.15. The van der Waals surface area contributed by atoms with E-state index in [9.17, 15) is 9.18 Å². The van der Waals surface area contributed by atoms with E-state index in [0.717, 1.165) is 37.1 Å². The van der Waals surface area contributed by atoms with Crippen molar-refractivity contribution in [1.82, 2.24) is 10.1 Å². The molecule has 1 unspecified atom stereocenters. The predicted molar refractivity (Wildman–Crippen MR) is 126 cm³/mol. The van der Waals surface area contributed by atoms with Crippen LogP contribution in [0.2, 0.25) is 0 Å². The van der Waals surface area contributed by atoms with Crippen LogP contribution in [0.1, 0.15) is 42.6 Å². The summed E-state index contributed by atoms with van der Waals surface area (Å²) in [6, 6.07) is 15.6. The molecule has 1 aromatic heterocycles. The lowest BCUT2D eigenvalue weighted by molar-refractivity contribution is 0.0507. The molecule has 33 heavy (non-hydrogen) atoms. The molecule has 0 N–H and O–H groups in total. The van der Waals surface area contributed by atoms with E-state index in [2.05, 4.69) is 23.9 Å². The van der Waals surface area contributed by atoms with Gasteiger partial charge < -0.3 is 19.1 Å². The highest BCUT2D eigenvalue weighted by Crippen LogP contribution is 2.33. The van der Waals surface area contributed by atoms with Gasteiger partial charge in [-0.15, -0.1) is 0 Å². The van der Waals surface area contributed by atoms with Crippen molar-refractivity contribution in [3.63, 3.8) is 0 Å². The van der Waals surface area contributed by atoms with Crippen molar-refractivity contribution < 1.29 is 18.4 Å².